The molecule has 0 amide bonds. The summed E-state index contributed by atoms with van der Waals surface area (Å²) in [5.74, 6) is 0.465. The van der Waals surface area contributed by atoms with E-state index in [0.29, 0.717) is 50.4 Å². The van der Waals surface area contributed by atoms with Crippen LogP contribution in [0.4, 0.5) is 0 Å². The van der Waals surface area contributed by atoms with Crippen LogP contribution < -0.4 is 0 Å². The van der Waals surface area contributed by atoms with Crippen LogP contribution in [0.5, 0.6) is 0 Å². The van der Waals surface area contributed by atoms with Crippen molar-refractivity contribution in [2.24, 2.45) is 5.41 Å². The van der Waals surface area contributed by atoms with E-state index in [1.54, 1.807) is 60.8 Å². The van der Waals surface area contributed by atoms with Gasteiger partial charge in [-0.2, -0.15) is 0 Å². The van der Waals surface area contributed by atoms with Gasteiger partial charge in [-0.05, 0) is 105 Å². The Morgan fingerprint density at radius 3 is 2.10 bits per heavy atom. The number of rotatable bonds is 4. The molecule has 4 nitrogen and oxygen atoms in total. The molecule has 3 aromatic heterocycles. The molecule has 0 bridgehead atoms. The van der Waals surface area contributed by atoms with Gasteiger partial charge in [-0.1, -0.05) is 129 Å². The molecule has 0 saturated heterocycles. The first-order chi connectivity index (χ1) is 33.5. The van der Waals surface area contributed by atoms with Crippen LogP contribution in [0.1, 0.15) is 58.1 Å². The fraction of sp³-hybridized carbons (Fsp3) is 0.143. The average Bonchev–Trinajstić information content (AvgIpc) is 3.92. The van der Waals surface area contributed by atoms with Gasteiger partial charge in [-0.3, -0.25) is 4.98 Å². The second-order valence-corrected chi connectivity index (χ2v) is 16.0. The minimum Gasteiger partial charge on any atom is -0.501 e. The molecular formula is C56H45IrN3O-2. The average molecular weight is 979 g/mol. The molecule has 5 heteroatoms. The van der Waals surface area contributed by atoms with Crippen LogP contribution in [-0.2, 0) is 26.5 Å². The Morgan fingerprint density at radius 2 is 1.39 bits per heavy atom. The van der Waals surface area contributed by atoms with E-state index in [9.17, 15) is 0 Å². The SMILES string of the molecule is [2H]C([2H])([2H])c1c[c-]c(-c2cc(C([2H])([2H])C(C)(C)C)ccn2)cc1.[2H]C([2H])([2H])c1ccc2c(c1)oc1c(-c3nc4cccc(C([2H])([2H])[2H])c4n3-c3ccc4c5ccccc5c5ccccc5c4c3)[c-]ccc12.[Ir]. The molecule has 8 aromatic carbocycles. The van der Waals surface area contributed by atoms with E-state index in [0.717, 1.165) is 43.4 Å². The van der Waals surface area contributed by atoms with E-state index in [-0.39, 0.29) is 36.8 Å². The number of imidazole rings is 1. The van der Waals surface area contributed by atoms with Crippen LogP contribution in [-0.4, -0.2) is 14.5 Å². The van der Waals surface area contributed by atoms with Crippen LogP contribution in [0.2, 0.25) is 0 Å². The maximum absolute atomic E-state index is 8.45. The number of aryl methyl sites for hydroxylation is 3. The molecule has 11 rings (SSSR count). The number of hydrogen-bond donors (Lipinski definition) is 0. The number of furan rings is 1. The van der Waals surface area contributed by atoms with Crippen LogP contribution in [0, 0.1) is 38.1 Å². The van der Waals surface area contributed by atoms with Gasteiger partial charge >= 0.3 is 0 Å². The molecule has 301 valence electrons. The number of para-hydroxylation sites is 1. The summed E-state index contributed by atoms with van der Waals surface area (Å²) in [5, 5.41) is 8.19. The first-order valence-electron chi connectivity index (χ1n) is 25.2. The zero-order chi connectivity index (χ0) is 50.4. The van der Waals surface area contributed by atoms with Gasteiger partial charge in [0.2, 0.25) is 0 Å². The van der Waals surface area contributed by atoms with Gasteiger partial charge in [-0.25, -0.2) is 0 Å². The Bertz CT molecular complexity index is 3830. The quantitative estimate of drug-likeness (QED) is 0.130. The number of hydrogen-bond acceptors (Lipinski definition) is 3. The molecule has 0 spiro atoms. The molecule has 0 aliphatic rings. The molecule has 0 atom stereocenters. The standard InChI is InChI=1S/C39H25N2O.C17H20N.Ir/c1-23-17-19-31-32-14-8-15-33(38(32)42-36(31)21-23)39-40-35-16-7-9-24(2)37(35)41(39)25-18-20-30-28-12-4-3-10-26(28)27-11-5-6-13-29(27)34(30)22-25;1-13-5-7-15(8-6-13)16-11-14(9-10-18-16)12-17(2,3)4;/h3-14,16-22H,1-2H3;5-7,9-11H,12H2,1-4H3;/q2*-1;/i1D3,2D3;1D3,12D2;. The van der Waals surface area contributed by atoms with Gasteiger partial charge in [0.25, 0.3) is 0 Å². The van der Waals surface area contributed by atoms with Crippen molar-refractivity contribution >= 4 is 65.3 Å². The fourth-order valence-corrected chi connectivity index (χ4v) is 8.16. The zero-order valence-electron chi connectivity index (χ0n) is 44.5. The second-order valence-electron chi connectivity index (χ2n) is 16.0. The molecule has 3 heterocycles. The topological polar surface area (TPSA) is 43.9 Å². The molecular weight excluding hydrogens is 923 g/mol. The van der Waals surface area contributed by atoms with Crippen molar-refractivity contribution in [3.05, 3.63) is 186 Å². The van der Waals surface area contributed by atoms with Crippen LogP contribution in [0.25, 0.3) is 93.6 Å². The predicted molar refractivity (Wildman–Crippen MR) is 251 cm³/mol. The molecule has 0 aliphatic heterocycles. The van der Waals surface area contributed by atoms with Gasteiger partial charge in [0.05, 0.1) is 22.4 Å². The summed E-state index contributed by atoms with van der Waals surface area (Å²) in [4.78, 5) is 9.29. The Kier molecular flexibility index (Phi) is 7.55. The Hall–Kier alpha value is -6.39. The van der Waals surface area contributed by atoms with Gasteiger partial charge in [0.15, 0.2) is 0 Å². The van der Waals surface area contributed by atoms with Crippen molar-refractivity contribution in [3.8, 4) is 28.3 Å². The summed E-state index contributed by atoms with van der Waals surface area (Å²) >= 11 is 0. The first kappa shape index (κ1) is 29.0. The van der Waals surface area contributed by atoms with Crippen LogP contribution >= 0.6 is 0 Å². The normalized spacial score (nSPS) is 15.2. The third-order valence-corrected chi connectivity index (χ3v) is 10.7. The summed E-state index contributed by atoms with van der Waals surface area (Å²) in [5.41, 5.74) is 5.00. The Morgan fingerprint density at radius 1 is 0.672 bits per heavy atom. The summed E-state index contributed by atoms with van der Waals surface area (Å²) in [6.07, 6.45) is 0.0586. The number of fused-ring (bicyclic) bond motifs is 10. The van der Waals surface area contributed by atoms with Crippen LogP contribution in [0.3, 0.4) is 0 Å². The largest absolute Gasteiger partial charge is 0.501 e. The Labute approximate surface area is 385 Å². The van der Waals surface area contributed by atoms with E-state index in [1.165, 1.54) is 17.5 Å². The predicted octanol–water partition coefficient (Wildman–Crippen LogP) is 14.9. The molecule has 61 heavy (non-hydrogen) atoms. The van der Waals surface area contributed by atoms with E-state index < -0.39 is 32.3 Å². The minimum absolute atomic E-state index is 0. The van der Waals surface area contributed by atoms with Gasteiger partial charge in [0.1, 0.15) is 5.58 Å². The molecule has 0 fully saturated rings. The minimum atomic E-state index is -2.41. The summed E-state index contributed by atoms with van der Waals surface area (Å²) in [6.45, 7) is -1.30. The molecule has 0 N–H and O–H groups in total. The third kappa shape index (κ3) is 7.43. The van der Waals surface area contributed by atoms with Gasteiger partial charge in [0, 0.05) is 52.5 Å². The molecule has 1 radical (unpaired) electrons. The van der Waals surface area contributed by atoms with Crippen molar-refractivity contribution in [1.82, 2.24) is 14.5 Å². The van der Waals surface area contributed by atoms with E-state index in [2.05, 4.69) is 53.5 Å². The number of pyridine rings is 1. The van der Waals surface area contributed by atoms with Crippen molar-refractivity contribution < 1.29 is 39.6 Å². The maximum atomic E-state index is 8.45. The van der Waals surface area contributed by atoms with Gasteiger partial charge in [-0.15, -0.1) is 53.6 Å². The monoisotopic (exact) mass is 979 g/mol. The molecule has 0 saturated carbocycles. The van der Waals surface area contributed by atoms with Crippen molar-refractivity contribution in [1.29, 1.82) is 0 Å². The summed E-state index contributed by atoms with van der Waals surface area (Å²) in [6, 6.07) is 50.9. The molecule has 0 unspecified atom stereocenters. The van der Waals surface area contributed by atoms with E-state index in [1.807, 2.05) is 67.8 Å². The van der Waals surface area contributed by atoms with Crippen molar-refractivity contribution in [3.63, 3.8) is 0 Å². The number of nitrogens with zero attached hydrogens (tertiary/aromatic N) is 3. The molecule has 11 aromatic rings. The van der Waals surface area contributed by atoms with Crippen LogP contribution in [0.15, 0.2) is 156 Å². The second kappa shape index (κ2) is 15.9. The molecule has 0 aliphatic carbocycles. The van der Waals surface area contributed by atoms with Crippen molar-refractivity contribution in [2.75, 3.05) is 0 Å². The third-order valence-electron chi connectivity index (χ3n) is 10.7. The maximum Gasteiger partial charge on any atom is 0.121 e. The first-order valence-corrected chi connectivity index (χ1v) is 19.7. The van der Waals surface area contributed by atoms with E-state index in [4.69, 9.17) is 24.5 Å². The van der Waals surface area contributed by atoms with Gasteiger partial charge < -0.3 is 14.0 Å². The number of benzene rings is 8. The fourth-order valence-electron chi connectivity index (χ4n) is 8.16. The summed E-state index contributed by atoms with van der Waals surface area (Å²) in [7, 11) is 0. The zero-order valence-corrected chi connectivity index (χ0v) is 35.9. The Balaban J connectivity index is 0.000000226. The van der Waals surface area contributed by atoms with E-state index >= 15 is 0 Å². The smallest absolute Gasteiger partial charge is 0.121 e. The summed E-state index contributed by atoms with van der Waals surface area (Å²) < 4.78 is 96.2. The number of aromatic nitrogens is 3. The van der Waals surface area contributed by atoms with Crippen molar-refractivity contribution in [2.45, 2.75) is 47.7 Å².